The monoisotopic (exact) mass is 351 g/mol. The van der Waals surface area contributed by atoms with Gasteiger partial charge in [-0.1, -0.05) is 18.2 Å². The van der Waals surface area contributed by atoms with Gasteiger partial charge in [0, 0.05) is 6.42 Å². The Hall–Kier alpha value is -2.24. The summed E-state index contributed by atoms with van der Waals surface area (Å²) in [6.45, 7) is 10.8. The topological polar surface area (TPSA) is 73.9 Å². The van der Waals surface area contributed by atoms with Crippen LogP contribution in [0.25, 0.3) is 0 Å². The lowest BCUT2D eigenvalue weighted by molar-refractivity contribution is -0.157. The Morgan fingerprint density at radius 1 is 0.960 bits per heavy atom. The van der Waals surface area contributed by atoms with Gasteiger partial charge in [-0.15, -0.1) is 0 Å². The predicted molar refractivity (Wildman–Crippen MR) is 95.6 cm³/mol. The Kier molecular flexibility index (Phi) is 7.27. The highest BCUT2D eigenvalue weighted by atomic mass is 16.6. The van der Waals surface area contributed by atoms with Crippen LogP contribution in [0, 0.1) is 0 Å². The normalized spacial score (nSPS) is 12.9. The number of benzene rings is 1. The van der Waals surface area contributed by atoms with E-state index in [9.17, 15) is 9.59 Å². The first-order valence-corrected chi connectivity index (χ1v) is 8.36. The number of para-hydroxylation sites is 1. The van der Waals surface area contributed by atoms with E-state index in [-0.39, 0.29) is 13.0 Å². The molecule has 0 aliphatic heterocycles. The fourth-order valence-corrected chi connectivity index (χ4v) is 1.88. The maximum Gasteiger partial charge on any atom is 0.408 e. The van der Waals surface area contributed by atoms with Crippen LogP contribution in [-0.4, -0.2) is 35.9 Å². The Labute approximate surface area is 149 Å². The van der Waals surface area contributed by atoms with Crippen molar-refractivity contribution in [2.24, 2.45) is 0 Å². The molecule has 1 aromatic rings. The maximum atomic E-state index is 12.4. The van der Waals surface area contributed by atoms with Gasteiger partial charge in [0.15, 0.2) is 0 Å². The molecule has 0 aliphatic carbocycles. The molecular weight excluding hydrogens is 322 g/mol. The molecule has 0 radical (unpaired) electrons. The van der Waals surface area contributed by atoms with Crippen molar-refractivity contribution in [1.29, 1.82) is 0 Å². The van der Waals surface area contributed by atoms with Gasteiger partial charge in [0.1, 0.15) is 23.0 Å². The van der Waals surface area contributed by atoms with Gasteiger partial charge in [-0.3, -0.25) is 0 Å². The highest BCUT2D eigenvalue weighted by molar-refractivity contribution is 5.81. The summed E-state index contributed by atoms with van der Waals surface area (Å²) in [5.74, 6) is 0.178. The number of carbonyl (C=O) groups is 2. The number of hydrogen-bond acceptors (Lipinski definition) is 5. The lowest BCUT2D eigenvalue weighted by Crippen LogP contribution is -2.46. The van der Waals surface area contributed by atoms with Crippen molar-refractivity contribution < 1.29 is 23.8 Å². The quantitative estimate of drug-likeness (QED) is 0.791. The summed E-state index contributed by atoms with van der Waals surface area (Å²) >= 11 is 0. The van der Waals surface area contributed by atoms with Crippen molar-refractivity contribution in [1.82, 2.24) is 5.32 Å². The zero-order valence-corrected chi connectivity index (χ0v) is 15.9. The molecule has 6 nitrogen and oxygen atoms in total. The molecule has 0 aromatic heterocycles. The molecular formula is C19H29NO5. The number of amides is 1. The van der Waals surface area contributed by atoms with Gasteiger partial charge in [0.2, 0.25) is 0 Å². The van der Waals surface area contributed by atoms with Crippen molar-refractivity contribution >= 4 is 12.1 Å². The van der Waals surface area contributed by atoms with E-state index in [1.54, 1.807) is 41.5 Å². The first-order chi connectivity index (χ1) is 11.5. The molecule has 0 unspecified atom stereocenters. The minimum atomic E-state index is -0.849. The van der Waals surface area contributed by atoms with Crippen LogP contribution in [0.15, 0.2) is 30.3 Å². The van der Waals surface area contributed by atoms with Crippen LogP contribution in [0.2, 0.25) is 0 Å². The van der Waals surface area contributed by atoms with Gasteiger partial charge in [-0.05, 0) is 53.7 Å². The number of nitrogens with one attached hydrogen (secondary N) is 1. The molecule has 0 bridgehead atoms. The largest absolute Gasteiger partial charge is 0.494 e. The van der Waals surface area contributed by atoms with Crippen molar-refractivity contribution in [2.75, 3.05) is 6.61 Å². The molecule has 0 fully saturated rings. The predicted octanol–water partition coefficient (Wildman–Crippen LogP) is 3.69. The van der Waals surface area contributed by atoms with Crippen molar-refractivity contribution in [2.45, 2.75) is 65.2 Å². The summed E-state index contributed by atoms with van der Waals surface area (Å²) in [6, 6.07) is 8.41. The van der Waals surface area contributed by atoms with Gasteiger partial charge in [0.25, 0.3) is 0 Å². The van der Waals surface area contributed by atoms with Crippen LogP contribution in [0.1, 0.15) is 48.0 Å². The van der Waals surface area contributed by atoms with Gasteiger partial charge in [-0.2, -0.15) is 0 Å². The number of hydrogen-bond donors (Lipinski definition) is 1. The molecule has 1 atom stereocenters. The van der Waals surface area contributed by atoms with Crippen LogP contribution >= 0.6 is 0 Å². The minimum absolute atomic E-state index is 0.254. The van der Waals surface area contributed by atoms with Gasteiger partial charge in [-0.25, -0.2) is 9.59 Å². The van der Waals surface area contributed by atoms with Crippen molar-refractivity contribution in [3.63, 3.8) is 0 Å². The lowest BCUT2D eigenvalue weighted by Gasteiger charge is -2.26. The van der Waals surface area contributed by atoms with Gasteiger partial charge < -0.3 is 19.5 Å². The molecule has 25 heavy (non-hydrogen) atoms. The summed E-state index contributed by atoms with van der Waals surface area (Å²) < 4.78 is 16.2. The molecule has 0 saturated heterocycles. The molecule has 0 heterocycles. The van der Waals surface area contributed by atoms with E-state index in [1.165, 1.54) is 0 Å². The number of rotatable bonds is 6. The molecule has 1 N–H and O–H groups in total. The Morgan fingerprint density at radius 2 is 1.52 bits per heavy atom. The SMILES string of the molecule is CC(C)(C)OC(=O)N[C@H](CCOc1ccccc1)C(=O)OC(C)(C)C. The molecule has 0 aliphatic rings. The third-order valence-electron chi connectivity index (χ3n) is 2.80. The van der Waals surface area contributed by atoms with E-state index >= 15 is 0 Å². The Morgan fingerprint density at radius 3 is 2.04 bits per heavy atom. The Balaban J connectivity index is 2.66. The van der Waals surface area contributed by atoms with Crippen molar-refractivity contribution in [3.05, 3.63) is 30.3 Å². The molecule has 0 saturated carbocycles. The highest BCUT2D eigenvalue weighted by Crippen LogP contribution is 2.13. The first-order valence-electron chi connectivity index (χ1n) is 8.36. The van der Waals surface area contributed by atoms with E-state index in [2.05, 4.69) is 5.32 Å². The fraction of sp³-hybridized carbons (Fsp3) is 0.579. The van der Waals surface area contributed by atoms with Crippen molar-refractivity contribution in [3.8, 4) is 5.75 Å². The summed E-state index contributed by atoms with van der Waals surface area (Å²) in [4.78, 5) is 24.3. The second-order valence-corrected chi connectivity index (χ2v) is 7.68. The van der Waals surface area contributed by atoms with E-state index < -0.39 is 29.3 Å². The third-order valence-corrected chi connectivity index (χ3v) is 2.80. The second kappa shape index (κ2) is 8.74. The molecule has 140 valence electrons. The highest BCUT2D eigenvalue weighted by Gasteiger charge is 2.28. The standard InChI is InChI=1S/C19H29NO5/c1-18(2,3)24-16(21)15(20-17(22)25-19(4,5)6)12-13-23-14-10-8-7-9-11-14/h7-11,15H,12-13H2,1-6H3,(H,20,22)/t15-/m1/s1. The number of alkyl carbamates (subject to hydrolysis) is 1. The first kappa shape index (κ1) is 20.8. The van der Waals surface area contributed by atoms with Crippen LogP contribution in [0.5, 0.6) is 5.75 Å². The average molecular weight is 351 g/mol. The minimum Gasteiger partial charge on any atom is -0.494 e. The number of ether oxygens (including phenoxy) is 3. The van der Waals surface area contributed by atoms with E-state index in [0.29, 0.717) is 5.75 Å². The van der Waals surface area contributed by atoms with Gasteiger partial charge in [0.05, 0.1) is 6.61 Å². The molecule has 1 rings (SSSR count). The Bertz CT molecular complexity index is 557. The molecule has 6 heteroatoms. The average Bonchev–Trinajstić information content (AvgIpc) is 2.43. The summed E-state index contributed by atoms with van der Waals surface area (Å²) in [5, 5.41) is 2.57. The van der Waals surface area contributed by atoms with Crippen LogP contribution < -0.4 is 10.1 Å². The maximum absolute atomic E-state index is 12.4. The number of carbonyl (C=O) groups excluding carboxylic acids is 2. The summed E-state index contributed by atoms with van der Waals surface area (Å²) in [7, 11) is 0. The van der Waals surface area contributed by atoms with Gasteiger partial charge >= 0.3 is 12.1 Å². The third kappa shape index (κ3) is 9.59. The van der Waals surface area contributed by atoms with Crippen LogP contribution in [0.3, 0.4) is 0 Å². The van der Waals surface area contributed by atoms with Crippen LogP contribution in [0.4, 0.5) is 4.79 Å². The van der Waals surface area contributed by atoms with E-state index in [0.717, 1.165) is 0 Å². The van der Waals surface area contributed by atoms with E-state index in [1.807, 2.05) is 30.3 Å². The zero-order chi connectivity index (χ0) is 19.1. The molecule has 1 amide bonds. The lowest BCUT2D eigenvalue weighted by atomic mass is 10.1. The molecule has 0 spiro atoms. The fourth-order valence-electron chi connectivity index (χ4n) is 1.88. The zero-order valence-electron chi connectivity index (χ0n) is 15.9. The second-order valence-electron chi connectivity index (χ2n) is 7.68. The summed E-state index contributed by atoms with van der Waals surface area (Å²) in [6.07, 6.45) is -0.397. The molecule has 1 aromatic carbocycles. The van der Waals surface area contributed by atoms with E-state index in [4.69, 9.17) is 14.2 Å². The number of esters is 1. The summed E-state index contributed by atoms with van der Waals surface area (Å²) in [5.41, 5.74) is -1.30. The smallest absolute Gasteiger partial charge is 0.408 e. The van der Waals surface area contributed by atoms with Crippen LogP contribution in [-0.2, 0) is 14.3 Å².